The second-order valence-corrected chi connectivity index (χ2v) is 8.09. The van der Waals surface area contributed by atoms with E-state index < -0.39 is 11.2 Å². The van der Waals surface area contributed by atoms with Gasteiger partial charge in [0.05, 0.1) is 5.52 Å². The normalized spacial score (nSPS) is 12.6. The number of unbranched alkanes of at least 4 members (excludes halogenated alkanes) is 1. The molecule has 2 heterocycles. The summed E-state index contributed by atoms with van der Waals surface area (Å²) in [6, 6.07) is 9.67. The number of anilines is 1. The zero-order valence-corrected chi connectivity index (χ0v) is 16.3. The maximum Gasteiger partial charge on any atom is 0.152 e. The zero-order chi connectivity index (χ0) is 18.5. The highest BCUT2D eigenvalue weighted by Gasteiger charge is 2.16. The molecule has 0 saturated carbocycles. The van der Waals surface area contributed by atoms with E-state index in [0.717, 1.165) is 59.5 Å². The second-order valence-electron chi connectivity index (χ2n) is 6.52. The number of aromatic nitrogens is 3. The number of benzene rings is 1. The van der Waals surface area contributed by atoms with Gasteiger partial charge in [-0.15, -0.1) is 0 Å². The van der Waals surface area contributed by atoms with Crippen LogP contribution in [0, 0.1) is 6.92 Å². The van der Waals surface area contributed by atoms with Crippen molar-refractivity contribution in [2.24, 2.45) is 0 Å². The van der Waals surface area contributed by atoms with Crippen LogP contribution in [0.4, 0.5) is 5.82 Å². The van der Waals surface area contributed by atoms with E-state index in [9.17, 15) is 4.55 Å². The topological polar surface area (TPSA) is 79.8 Å². The number of aryl methyl sites for hydroxylation is 3. The Labute approximate surface area is 157 Å². The molecule has 0 aliphatic carbocycles. The van der Waals surface area contributed by atoms with Crippen molar-refractivity contribution in [2.45, 2.75) is 51.0 Å². The Balaban J connectivity index is 1.70. The molecule has 0 amide bonds. The van der Waals surface area contributed by atoms with E-state index in [4.69, 9.17) is 10.7 Å². The zero-order valence-electron chi connectivity index (χ0n) is 15.4. The molecule has 2 N–H and O–H groups in total. The SMILES string of the molecule is CCCc1nc2c(N)ncc(C)c2n1CCCC[S+]([O-])c1ccccc1. The Hall–Kier alpha value is -2.05. The average molecular weight is 371 g/mol. The molecule has 0 radical (unpaired) electrons. The van der Waals surface area contributed by atoms with Crippen LogP contribution in [0.1, 0.15) is 37.6 Å². The molecule has 0 fully saturated rings. The minimum absolute atomic E-state index is 0.492. The molecule has 6 heteroatoms. The minimum Gasteiger partial charge on any atom is -0.611 e. The fourth-order valence-electron chi connectivity index (χ4n) is 3.21. The van der Waals surface area contributed by atoms with Crippen LogP contribution in [0.3, 0.4) is 0 Å². The molecule has 0 bridgehead atoms. The van der Waals surface area contributed by atoms with Crippen molar-refractivity contribution in [3.8, 4) is 0 Å². The first-order chi connectivity index (χ1) is 12.6. The van der Waals surface area contributed by atoms with Gasteiger partial charge in [-0.3, -0.25) is 0 Å². The third-order valence-corrected chi connectivity index (χ3v) is 5.96. The number of nitrogens with zero attached hydrogens (tertiary/aromatic N) is 3. The fourth-order valence-corrected chi connectivity index (χ4v) is 4.38. The number of fused-ring (bicyclic) bond motifs is 1. The summed E-state index contributed by atoms with van der Waals surface area (Å²) in [4.78, 5) is 9.88. The summed E-state index contributed by atoms with van der Waals surface area (Å²) in [5.41, 5.74) is 9.02. The van der Waals surface area contributed by atoms with Crippen LogP contribution in [-0.4, -0.2) is 24.8 Å². The Bertz CT molecular complexity index is 863. The summed E-state index contributed by atoms with van der Waals surface area (Å²) >= 11 is -0.930. The van der Waals surface area contributed by atoms with Gasteiger partial charge in [-0.1, -0.05) is 25.1 Å². The molecule has 3 aromatic rings. The van der Waals surface area contributed by atoms with Crippen LogP contribution in [0.2, 0.25) is 0 Å². The van der Waals surface area contributed by atoms with Gasteiger partial charge in [0.25, 0.3) is 0 Å². The van der Waals surface area contributed by atoms with Crippen molar-refractivity contribution < 1.29 is 4.55 Å². The third kappa shape index (κ3) is 4.02. The molecular formula is C20H26N4OS. The molecule has 5 nitrogen and oxygen atoms in total. The smallest absolute Gasteiger partial charge is 0.152 e. The maximum absolute atomic E-state index is 12.4. The van der Waals surface area contributed by atoms with Gasteiger partial charge in [0, 0.05) is 19.2 Å². The third-order valence-electron chi connectivity index (χ3n) is 4.50. The summed E-state index contributed by atoms with van der Waals surface area (Å²) in [6.07, 6.45) is 5.64. The van der Waals surface area contributed by atoms with Gasteiger partial charge in [0.15, 0.2) is 10.7 Å². The summed E-state index contributed by atoms with van der Waals surface area (Å²) in [5, 5.41) is 0. The fraction of sp³-hybridized carbons (Fsp3) is 0.400. The monoisotopic (exact) mass is 370 g/mol. The molecule has 2 aromatic heterocycles. The lowest BCUT2D eigenvalue weighted by Gasteiger charge is -2.12. The molecular weight excluding hydrogens is 344 g/mol. The molecule has 0 saturated heterocycles. The number of pyridine rings is 1. The summed E-state index contributed by atoms with van der Waals surface area (Å²) in [5.74, 6) is 2.24. The molecule has 3 rings (SSSR count). The van der Waals surface area contributed by atoms with E-state index in [1.54, 1.807) is 0 Å². The lowest BCUT2D eigenvalue weighted by molar-refractivity contribution is 0.578. The number of nitrogens with two attached hydrogens (primary N) is 1. The Morgan fingerprint density at radius 1 is 1.19 bits per heavy atom. The summed E-state index contributed by atoms with van der Waals surface area (Å²) in [7, 11) is 0. The predicted octanol–water partition coefficient (Wildman–Crippen LogP) is 3.86. The Kier molecular flexibility index (Phi) is 6.16. The highest BCUT2D eigenvalue weighted by Crippen LogP contribution is 2.25. The highest BCUT2D eigenvalue weighted by atomic mass is 32.2. The highest BCUT2D eigenvalue weighted by molar-refractivity contribution is 7.91. The van der Waals surface area contributed by atoms with E-state index in [1.807, 2.05) is 43.5 Å². The lowest BCUT2D eigenvalue weighted by Crippen LogP contribution is -2.09. The van der Waals surface area contributed by atoms with Crippen LogP contribution in [-0.2, 0) is 24.1 Å². The number of nitrogen functional groups attached to an aromatic ring is 1. The van der Waals surface area contributed by atoms with E-state index in [0.29, 0.717) is 11.6 Å². The first-order valence-corrected chi connectivity index (χ1v) is 10.5. The molecule has 138 valence electrons. The molecule has 0 aliphatic rings. The van der Waals surface area contributed by atoms with Gasteiger partial charge < -0.3 is 14.9 Å². The van der Waals surface area contributed by atoms with Crippen molar-refractivity contribution in [1.29, 1.82) is 0 Å². The predicted molar refractivity (Wildman–Crippen MR) is 108 cm³/mol. The van der Waals surface area contributed by atoms with Gasteiger partial charge in [0.2, 0.25) is 0 Å². The molecule has 1 unspecified atom stereocenters. The van der Waals surface area contributed by atoms with E-state index in [2.05, 4.69) is 16.5 Å². The Morgan fingerprint density at radius 2 is 1.96 bits per heavy atom. The molecule has 0 spiro atoms. The van der Waals surface area contributed by atoms with Crippen molar-refractivity contribution in [2.75, 3.05) is 11.5 Å². The second kappa shape index (κ2) is 8.56. The first kappa shape index (κ1) is 18.7. The number of rotatable bonds is 8. The Morgan fingerprint density at radius 3 is 2.69 bits per heavy atom. The van der Waals surface area contributed by atoms with Gasteiger partial charge >= 0.3 is 0 Å². The van der Waals surface area contributed by atoms with Crippen LogP contribution in [0.5, 0.6) is 0 Å². The van der Waals surface area contributed by atoms with E-state index in [-0.39, 0.29) is 0 Å². The number of hydrogen-bond donors (Lipinski definition) is 1. The number of imidazole rings is 1. The first-order valence-electron chi connectivity index (χ1n) is 9.15. The minimum atomic E-state index is -0.930. The van der Waals surface area contributed by atoms with Crippen LogP contribution in [0.15, 0.2) is 41.4 Å². The standard InChI is InChI=1S/C20H26N4OS/c1-3-9-17-23-18-19(15(2)14-22-20(18)21)24(17)12-7-8-13-26(25)16-10-5-4-6-11-16/h4-6,10-11,14H,3,7-9,12-13H2,1-2H3,(H2,21,22). The van der Waals surface area contributed by atoms with E-state index in [1.165, 1.54) is 0 Å². The lowest BCUT2D eigenvalue weighted by atomic mass is 10.2. The van der Waals surface area contributed by atoms with Crippen molar-refractivity contribution in [1.82, 2.24) is 14.5 Å². The van der Waals surface area contributed by atoms with Gasteiger partial charge in [-0.2, -0.15) is 0 Å². The van der Waals surface area contributed by atoms with Crippen molar-refractivity contribution in [3.05, 3.63) is 47.9 Å². The molecule has 0 aliphatic heterocycles. The molecule has 26 heavy (non-hydrogen) atoms. The van der Waals surface area contributed by atoms with E-state index >= 15 is 0 Å². The average Bonchev–Trinajstić information content (AvgIpc) is 3.02. The van der Waals surface area contributed by atoms with Crippen LogP contribution >= 0.6 is 0 Å². The van der Waals surface area contributed by atoms with Crippen molar-refractivity contribution in [3.63, 3.8) is 0 Å². The summed E-state index contributed by atoms with van der Waals surface area (Å²) in [6.45, 7) is 5.07. The quantitative estimate of drug-likeness (QED) is 0.482. The number of hydrogen-bond acceptors (Lipinski definition) is 4. The van der Waals surface area contributed by atoms with Gasteiger partial charge in [-0.25, -0.2) is 9.97 Å². The summed E-state index contributed by atoms with van der Waals surface area (Å²) < 4.78 is 14.6. The maximum atomic E-state index is 12.4. The molecule has 1 aromatic carbocycles. The molecule has 1 atom stereocenters. The largest absolute Gasteiger partial charge is 0.611 e. The van der Waals surface area contributed by atoms with Crippen molar-refractivity contribution >= 4 is 28.0 Å². The van der Waals surface area contributed by atoms with Crippen LogP contribution in [0.25, 0.3) is 11.0 Å². The van der Waals surface area contributed by atoms with Crippen LogP contribution < -0.4 is 5.73 Å². The van der Waals surface area contributed by atoms with Gasteiger partial charge in [0.1, 0.15) is 17.1 Å². The van der Waals surface area contributed by atoms with Gasteiger partial charge in [-0.05, 0) is 55.1 Å².